The van der Waals surface area contributed by atoms with E-state index in [4.69, 9.17) is 4.74 Å². The fraction of sp³-hybridized carbons (Fsp3) is 0.240. The lowest BCUT2D eigenvalue weighted by molar-refractivity contribution is 0.0474. The van der Waals surface area contributed by atoms with E-state index in [1.807, 2.05) is 30.3 Å². The Morgan fingerprint density at radius 1 is 0.867 bits per heavy atom. The Balaban J connectivity index is 1.21. The Morgan fingerprint density at radius 2 is 1.53 bits per heavy atom. The maximum absolute atomic E-state index is 12.1. The Kier molecular flexibility index (Phi) is 6.82. The summed E-state index contributed by atoms with van der Waals surface area (Å²) in [5.74, 6) is 0. The molecule has 0 aliphatic carbocycles. The highest BCUT2D eigenvalue weighted by atomic mass is 79.9. The van der Waals surface area contributed by atoms with Crippen LogP contribution < -0.4 is 10.6 Å². The summed E-state index contributed by atoms with van der Waals surface area (Å²) in [5, 5.41) is 5.75. The molecule has 2 atom stereocenters. The molecule has 0 unspecified atom stereocenters. The lowest BCUT2D eigenvalue weighted by Crippen LogP contribution is -2.35. The zero-order chi connectivity index (χ0) is 20.8. The number of nitrogens with one attached hydrogen (secondary N) is 2. The summed E-state index contributed by atoms with van der Waals surface area (Å²) in [6, 6.07) is 26.4. The number of hydrogen-bond donors (Lipinski definition) is 2. The molecule has 4 rings (SSSR count). The van der Waals surface area contributed by atoms with E-state index >= 15 is 0 Å². The third-order valence-corrected chi connectivity index (χ3v) is 5.84. The second kappa shape index (κ2) is 9.92. The molecule has 154 valence electrons. The predicted octanol–water partition coefficient (Wildman–Crippen LogP) is 6.03. The van der Waals surface area contributed by atoms with Crippen LogP contribution in [0.2, 0.25) is 0 Å². The van der Waals surface area contributed by atoms with Crippen molar-refractivity contribution in [2.24, 2.45) is 0 Å². The SMILES string of the molecule is O=C(NC[C@@H]1CC[C@@H](Cc2ccc(-c3ccccc3)cc2)O1)Nc1ccc(Br)cc1. The summed E-state index contributed by atoms with van der Waals surface area (Å²) in [6.45, 7) is 0.520. The first-order valence-electron chi connectivity index (χ1n) is 10.3. The van der Waals surface area contributed by atoms with E-state index < -0.39 is 0 Å². The van der Waals surface area contributed by atoms with Crippen LogP contribution in [0.1, 0.15) is 18.4 Å². The van der Waals surface area contributed by atoms with E-state index in [-0.39, 0.29) is 18.2 Å². The van der Waals surface area contributed by atoms with Crippen molar-refractivity contribution in [2.75, 3.05) is 11.9 Å². The minimum absolute atomic E-state index is 0.0641. The Labute approximate surface area is 185 Å². The molecule has 1 heterocycles. The molecular weight excluding hydrogens is 440 g/mol. The van der Waals surface area contributed by atoms with Crippen LogP contribution in [0.15, 0.2) is 83.3 Å². The van der Waals surface area contributed by atoms with Crippen LogP contribution >= 0.6 is 15.9 Å². The van der Waals surface area contributed by atoms with Crippen LogP contribution in [0.5, 0.6) is 0 Å². The number of ether oxygens (including phenoxy) is 1. The van der Waals surface area contributed by atoms with Gasteiger partial charge in [0.2, 0.25) is 0 Å². The average Bonchev–Trinajstić information content (AvgIpc) is 3.22. The second-order valence-electron chi connectivity index (χ2n) is 7.57. The summed E-state index contributed by atoms with van der Waals surface area (Å²) in [7, 11) is 0. The average molecular weight is 465 g/mol. The number of benzene rings is 3. The van der Waals surface area contributed by atoms with Gasteiger partial charge in [-0.15, -0.1) is 0 Å². The van der Waals surface area contributed by atoms with E-state index in [1.165, 1.54) is 16.7 Å². The fourth-order valence-corrected chi connectivity index (χ4v) is 3.99. The molecule has 0 aromatic heterocycles. The molecule has 4 nitrogen and oxygen atoms in total. The number of anilines is 1. The summed E-state index contributed by atoms with van der Waals surface area (Å²) in [4.78, 5) is 12.1. The van der Waals surface area contributed by atoms with Gasteiger partial charge in [0.25, 0.3) is 0 Å². The zero-order valence-corrected chi connectivity index (χ0v) is 18.3. The van der Waals surface area contributed by atoms with E-state index in [2.05, 4.69) is 75.1 Å². The third-order valence-electron chi connectivity index (χ3n) is 5.31. The van der Waals surface area contributed by atoms with Crippen molar-refractivity contribution in [3.63, 3.8) is 0 Å². The molecule has 1 aliphatic heterocycles. The molecule has 1 fully saturated rings. The molecule has 1 aliphatic rings. The van der Waals surface area contributed by atoms with Crippen molar-refractivity contribution in [1.82, 2.24) is 5.32 Å². The summed E-state index contributed by atoms with van der Waals surface area (Å²) < 4.78 is 7.13. The highest BCUT2D eigenvalue weighted by Crippen LogP contribution is 2.24. The van der Waals surface area contributed by atoms with E-state index in [9.17, 15) is 4.79 Å². The number of carbonyl (C=O) groups excluding carboxylic acids is 1. The van der Waals surface area contributed by atoms with Crippen LogP contribution in [0.3, 0.4) is 0 Å². The number of urea groups is 1. The van der Waals surface area contributed by atoms with Crippen molar-refractivity contribution in [3.05, 3.63) is 88.9 Å². The van der Waals surface area contributed by atoms with Gasteiger partial charge in [0.05, 0.1) is 12.2 Å². The Hall–Kier alpha value is -2.63. The molecule has 2 N–H and O–H groups in total. The van der Waals surface area contributed by atoms with Gasteiger partial charge in [-0.05, 0) is 60.2 Å². The largest absolute Gasteiger partial charge is 0.373 e. The standard InChI is InChI=1S/C25H25BrN2O2/c26-21-10-12-22(13-11-21)28-25(29)27-17-24-15-14-23(30-24)16-18-6-8-20(9-7-18)19-4-2-1-3-5-19/h1-13,23-24H,14-17H2,(H2,27,28,29)/t23-,24-/m0/s1. The summed E-state index contributed by atoms with van der Waals surface area (Å²) >= 11 is 3.39. The molecule has 5 heteroatoms. The van der Waals surface area contributed by atoms with E-state index in [1.54, 1.807) is 0 Å². The summed E-state index contributed by atoms with van der Waals surface area (Å²) in [6.07, 6.45) is 3.14. The Morgan fingerprint density at radius 3 is 2.27 bits per heavy atom. The van der Waals surface area contributed by atoms with Gasteiger partial charge in [-0.25, -0.2) is 4.79 Å². The molecule has 0 bridgehead atoms. The smallest absolute Gasteiger partial charge is 0.319 e. The normalized spacial score (nSPS) is 18.2. The van der Waals surface area contributed by atoms with Crippen LogP contribution in [0, 0.1) is 0 Å². The van der Waals surface area contributed by atoms with Crippen molar-refractivity contribution in [1.29, 1.82) is 0 Å². The summed E-state index contributed by atoms with van der Waals surface area (Å²) in [5.41, 5.74) is 4.50. The van der Waals surface area contributed by atoms with Crippen molar-refractivity contribution >= 4 is 27.6 Å². The number of hydrogen-bond acceptors (Lipinski definition) is 2. The first-order valence-corrected chi connectivity index (χ1v) is 11.1. The molecule has 2 amide bonds. The van der Waals surface area contributed by atoms with E-state index in [0.29, 0.717) is 6.54 Å². The van der Waals surface area contributed by atoms with Crippen molar-refractivity contribution in [2.45, 2.75) is 31.5 Å². The van der Waals surface area contributed by atoms with Crippen LogP contribution in [-0.2, 0) is 11.2 Å². The van der Waals surface area contributed by atoms with Gasteiger partial charge in [0, 0.05) is 16.7 Å². The highest BCUT2D eigenvalue weighted by Gasteiger charge is 2.25. The minimum atomic E-state index is -0.208. The minimum Gasteiger partial charge on any atom is -0.373 e. The van der Waals surface area contributed by atoms with Gasteiger partial charge in [0.15, 0.2) is 0 Å². The highest BCUT2D eigenvalue weighted by molar-refractivity contribution is 9.10. The van der Waals surface area contributed by atoms with Gasteiger partial charge in [0.1, 0.15) is 0 Å². The van der Waals surface area contributed by atoms with Gasteiger partial charge in [-0.1, -0.05) is 70.5 Å². The molecule has 3 aromatic rings. The maximum Gasteiger partial charge on any atom is 0.319 e. The molecule has 0 radical (unpaired) electrons. The van der Waals surface area contributed by atoms with Gasteiger partial charge in [-0.3, -0.25) is 0 Å². The van der Waals surface area contributed by atoms with Crippen molar-refractivity contribution in [3.8, 4) is 11.1 Å². The molecule has 1 saturated heterocycles. The molecular formula is C25H25BrN2O2. The maximum atomic E-state index is 12.1. The number of amides is 2. The monoisotopic (exact) mass is 464 g/mol. The quantitative estimate of drug-likeness (QED) is 0.467. The van der Waals surface area contributed by atoms with Crippen LogP contribution in [-0.4, -0.2) is 24.8 Å². The topological polar surface area (TPSA) is 50.4 Å². The zero-order valence-electron chi connectivity index (χ0n) is 16.7. The predicted molar refractivity (Wildman–Crippen MR) is 125 cm³/mol. The molecule has 3 aromatic carbocycles. The van der Waals surface area contributed by atoms with Crippen molar-refractivity contribution < 1.29 is 9.53 Å². The lowest BCUT2D eigenvalue weighted by atomic mass is 10.0. The molecule has 30 heavy (non-hydrogen) atoms. The number of carbonyl (C=O) groups is 1. The van der Waals surface area contributed by atoms with Gasteiger partial charge in [-0.2, -0.15) is 0 Å². The van der Waals surface area contributed by atoms with Crippen LogP contribution in [0.4, 0.5) is 10.5 Å². The van der Waals surface area contributed by atoms with Crippen LogP contribution in [0.25, 0.3) is 11.1 Å². The number of halogens is 1. The third kappa shape index (κ3) is 5.71. The first kappa shape index (κ1) is 20.6. The molecule has 0 saturated carbocycles. The molecule has 0 spiro atoms. The Bertz CT molecular complexity index is 959. The second-order valence-corrected chi connectivity index (χ2v) is 8.48. The number of rotatable bonds is 6. The van der Waals surface area contributed by atoms with Gasteiger partial charge < -0.3 is 15.4 Å². The fourth-order valence-electron chi connectivity index (χ4n) is 3.72. The van der Waals surface area contributed by atoms with E-state index in [0.717, 1.165) is 29.4 Å². The van der Waals surface area contributed by atoms with Gasteiger partial charge >= 0.3 is 6.03 Å². The first-order chi connectivity index (χ1) is 14.7. The lowest BCUT2D eigenvalue weighted by Gasteiger charge is -2.15.